The van der Waals surface area contributed by atoms with Crippen LogP contribution in [0.4, 0.5) is 0 Å². The third-order valence-electron chi connectivity index (χ3n) is 3.89. The molecule has 0 fully saturated rings. The molecular weight excluding hydrogens is 386 g/mol. The van der Waals surface area contributed by atoms with Gasteiger partial charge >= 0.3 is 5.97 Å². The second-order valence-electron chi connectivity index (χ2n) is 5.52. The van der Waals surface area contributed by atoms with E-state index in [1.165, 1.54) is 0 Å². The van der Waals surface area contributed by atoms with Gasteiger partial charge in [-0.25, -0.2) is 4.79 Å². The molecule has 0 aliphatic rings. The number of carbonyl (C=O) groups excluding carboxylic acids is 2. The van der Waals surface area contributed by atoms with Crippen molar-refractivity contribution in [3.8, 4) is 5.75 Å². The zero-order valence-electron chi connectivity index (χ0n) is 13.8. The maximum atomic E-state index is 12.5. The van der Waals surface area contributed by atoms with Crippen molar-refractivity contribution in [1.29, 1.82) is 0 Å². The number of halogens is 1. The quantitative estimate of drug-likeness (QED) is 0.511. The fraction of sp³-hybridized carbons (Fsp3) is 0.158. The molecule has 0 atom stereocenters. The standard InChI is InChI=1S/C19H16BrNO4/c1-11-18(13-5-3-4-6-15(13)21-11)16(22)10-25-19(23)12-7-8-17(24-2)14(20)9-12/h3-9,21H,10H2,1-2H3. The Kier molecular flexibility index (Phi) is 4.90. The molecule has 6 heteroatoms. The molecule has 0 amide bonds. The fourth-order valence-electron chi connectivity index (χ4n) is 2.72. The topological polar surface area (TPSA) is 68.4 Å². The van der Waals surface area contributed by atoms with Gasteiger partial charge in [0, 0.05) is 22.2 Å². The lowest BCUT2D eigenvalue weighted by atomic mass is 10.1. The minimum Gasteiger partial charge on any atom is -0.496 e. The van der Waals surface area contributed by atoms with Crippen LogP contribution in [0.5, 0.6) is 5.75 Å². The number of hydrogen-bond acceptors (Lipinski definition) is 4. The molecule has 3 aromatic rings. The van der Waals surface area contributed by atoms with Crippen LogP contribution in [0.2, 0.25) is 0 Å². The van der Waals surface area contributed by atoms with Gasteiger partial charge in [0.1, 0.15) is 5.75 Å². The highest BCUT2D eigenvalue weighted by molar-refractivity contribution is 9.10. The van der Waals surface area contributed by atoms with Gasteiger partial charge in [0.05, 0.1) is 17.1 Å². The Morgan fingerprint density at radius 3 is 2.64 bits per heavy atom. The van der Waals surface area contributed by atoms with E-state index in [-0.39, 0.29) is 12.4 Å². The summed E-state index contributed by atoms with van der Waals surface area (Å²) in [5.41, 5.74) is 2.54. The van der Waals surface area contributed by atoms with Crippen LogP contribution in [0.15, 0.2) is 46.9 Å². The average molecular weight is 402 g/mol. The molecule has 1 N–H and O–H groups in total. The first kappa shape index (κ1) is 17.2. The zero-order chi connectivity index (χ0) is 18.0. The molecular formula is C19H16BrNO4. The molecule has 3 rings (SSSR count). The van der Waals surface area contributed by atoms with Crippen molar-refractivity contribution in [3.05, 3.63) is 63.8 Å². The number of methoxy groups -OCH3 is 1. The number of benzene rings is 2. The van der Waals surface area contributed by atoms with Gasteiger partial charge in [-0.3, -0.25) is 4.79 Å². The third-order valence-corrected chi connectivity index (χ3v) is 4.51. The number of aromatic amines is 1. The van der Waals surface area contributed by atoms with Crippen molar-refractivity contribution in [3.63, 3.8) is 0 Å². The number of ether oxygens (including phenoxy) is 2. The molecule has 0 aliphatic carbocycles. The lowest BCUT2D eigenvalue weighted by Gasteiger charge is -2.07. The Balaban J connectivity index is 1.74. The number of Topliss-reactive ketones (excluding diaryl/α,β-unsaturated/α-hetero) is 1. The first-order valence-electron chi connectivity index (χ1n) is 7.62. The van der Waals surface area contributed by atoms with Gasteiger partial charge in [-0.15, -0.1) is 0 Å². The minimum atomic E-state index is -0.561. The van der Waals surface area contributed by atoms with E-state index >= 15 is 0 Å². The molecule has 0 bridgehead atoms. The lowest BCUT2D eigenvalue weighted by molar-refractivity contribution is 0.0475. The van der Waals surface area contributed by atoms with Crippen molar-refractivity contribution in [2.45, 2.75) is 6.92 Å². The molecule has 5 nitrogen and oxygen atoms in total. The number of nitrogens with one attached hydrogen (secondary N) is 1. The number of hydrogen-bond donors (Lipinski definition) is 1. The Hall–Kier alpha value is -2.60. The highest BCUT2D eigenvalue weighted by Crippen LogP contribution is 2.26. The summed E-state index contributed by atoms with van der Waals surface area (Å²) in [6.07, 6.45) is 0. The van der Waals surface area contributed by atoms with Crippen LogP contribution in [-0.2, 0) is 4.74 Å². The number of fused-ring (bicyclic) bond motifs is 1. The number of aromatic nitrogens is 1. The van der Waals surface area contributed by atoms with Crippen molar-refractivity contribution < 1.29 is 19.1 Å². The molecule has 0 saturated carbocycles. The number of esters is 1. The van der Waals surface area contributed by atoms with E-state index in [0.29, 0.717) is 21.3 Å². The number of para-hydroxylation sites is 1. The number of aryl methyl sites for hydroxylation is 1. The molecule has 0 aliphatic heterocycles. The van der Waals surface area contributed by atoms with Crippen LogP contribution in [0.3, 0.4) is 0 Å². The minimum absolute atomic E-state index is 0.240. The normalized spacial score (nSPS) is 10.7. The molecule has 0 unspecified atom stereocenters. The first-order chi connectivity index (χ1) is 12.0. The predicted molar refractivity (Wildman–Crippen MR) is 98.3 cm³/mol. The average Bonchev–Trinajstić information content (AvgIpc) is 2.95. The second-order valence-corrected chi connectivity index (χ2v) is 6.37. The summed E-state index contributed by atoms with van der Waals surface area (Å²) in [5.74, 6) is -0.188. The summed E-state index contributed by atoms with van der Waals surface area (Å²) in [7, 11) is 1.54. The molecule has 0 radical (unpaired) electrons. The van der Waals surface area contributed by atoms with E-state index in [1.807, 2.05) is 31.2 Å². The second kappa shape index (κ2) is 7.11. The van der Waals surface area contributed by atoms with E-state index < -0.39 is 5.97 Å². The van der Waals surface area contributed by atoms with Crippen LogP contribution in [0.1, 0.15) is 26.4 Å². The van der Waals surface area contributed by atoms with E-state index in [4.69, 9.17) is 9.47 Å². The van der Waals surface area contributed by atoms with Crippen molar-refractivity contribution in [2.24, 2.45) is 0 Å². The monoisotopic (exact) mass is 401 g/mol. The Morgan fingerprint density at radius 2 is 1.92 bits per heavy atom. The van der Waals surface area contributed by atoms with Crippen molar-refractivity contribution >= 4 is 38.6 Å². The summed E-state index contributed by atoms with van der Waals surface area (Å²) in [5, 5.41) is 0.827. The largest absolute Gasteiger partial charge is 0.496 e. The summed E-state index contributed by atoms with van der Waals surface area (Å²) in [6, 6.07) is 12.4. The van der Waals surface area contributed by atoms with Gasteiger partial charge in [-0.1, -0.05) is 18.2 Å². The fourth-order valence-corrected chi connectivity index (χ4v) is 3.26. The SMILES string of the molecule is COc1ccc(C(=O)OCC(=O)c2c(C)[nH]c3ccccc23)cc1Br. The Bertz CT molecular complexity index is 961. The molecule has 0 spiro atoms. The van der Waals surface area contributed by atoms with Crippen LogP contribution in [-0.4, -0.2) is 30.5 Å². The summed E-state index contributed by atoms with van der Waals surface area (Å²) >= 11 is 3.32. The summed E-state index contributed by atoms with van der Waals surface area (Å²) in [4.78, 5) is 27.9. The molecule has 2 aromatic carbocycles. The summed E-state index contributed by atoms with van der Waals surface area (Å²) < 4.78 is 10.9. The first-order valence-corrected chi connectivity index (χ1v) is 8.41. The lowest BCUT2D eigenvalue weighted by Crippen LogP contribution is -2.15. The van der Waals surface area contributed by atoms with Crippen LogP contribution < -0.4 is 4.74 Å². The predicted octanol–water partition coefficient (Wildman–Crippen LogP) is 4.29. The van der Waals surface area contributed by atoms with Crippen LogP contribution >= 0.6 is 15.9 Å². The molecule has 25 heavy (non-hydrogen) atoms. The van der Waals surface area contributed by atoms with Crippen LogP contribution in [0, 0.1) is 6.92 Å². The molecule has 1 heterocycles. The number of rotatable bonds is 5. The maximum absolute atomic E-state index is 12.5. The van der Waals surface area contributed by atoms with Gasteiger partial charge in [-0.05, 0) is 47.1 Å². The zero-order valence-corrected chi connectivity index (χ0v) is 15.3. The highest BCUT2D eigenvalue weighted by Gasteiger charge is 2.18. The Morgan fingerprint density at radius 1 is 1.16 bits per heavy atom. The number of carbonyl (C=O) groups is 2. The van der Waals surface area contributed by atoms with E-state index in [2.05, 4.69) is 20.9 Å². The van der Waals surface area contributed by atoms with Gasteiger partial charge in [0.25, 0.3) is 0 Å². The van der Waals surface area contributed by atoms with Gasteiger partial charge in [0.15, 0.2) is 6.61 Å². The summed E-state index contributed by atoms with van der Waals surface area (Å²) in [6.45, 7) is 1.51. The third kappa shape index (κ3) is 3.44. The molecule has 1 aromatic heterocycles. The van der Waals surface area contributed by atoms with E-state index in [0.717, 1.165) is 16.6 Å². The highest BCUT2D eigenvalue weighted by atomic mass is 79.9. The van der Waals surface area contributed by atoms with Crippen molar-refractivity contribution in [1.82, 2.24) is 4.98 Å². The molecule has 0 saturated heterocycles. The van der Waals surface area contributed by atoms with Gasteiger partial charge < -0.3 is 14.5 Å². The Labute approximate surface area is 153 Å². The molecule has 128 valence electrons. The number of H-pyrrole nitrogens is 1. The van der Waals surface area contributed by atoms with E-state index in [1.54, 1.807) is 25.3 Å². The maximum Gasteiger partial charge on any atom is 0.338 e. The van der Waals surface area contributed by atoms with Crippen LogP contribution in [0.25, 0.3) is 10.9 Å². The van der Waals surface area contributed by atoms with Gasteiger partial charge in [-0.2, -0.15) is 0 Å². The van der Waals surface area contributed by atoms with E-state index in [9.17, 15) is 9.59 Å². The number of ketones is 1. The van der Waals surface area contributed by atoms with Crippen molar-refractivity contribution in [2.75, 3.05) is 13.7 Å². The van der Waals surface area contributed by atoms with Gasteiger partial charge in [0.2, 0.25) is 5.78 Å². The smallest absolute Gasteiger partial charge is 0.338 e.